The van der Waals surface area contributed by atoms with Gasteiger partial charge in [-0.05, 0) is 24.0 Å². The molecule has 0 amide bonds. The van der Waals surface area contributed by atoms with Gasteiger partial charge in [0.2, 0.25) is 0 Å². The van der Waals surface area contributed by atoms with Crippen LogP contribution in [0.25, 0.3) is 0 Å². The number of rotatable bonds is 6. The molecule has 2 nitrogen and oxygen atoms in total. The minimum absolute atomic E-state index is 0.486. The molecule has 0 aliphatic heterocycles. The van der Waals surface area contributed by atoms with Crippen molar-refractivity contribution >= 4 is 0 Å². The predicted molar refractivity (Wildman–Crippen MR) is 75.0 cm³/mol. The van der Waals surface area contributed by atoms with Crippen LogP contribution >= 0.6 is 0 Å². The lowest BCUT2D eigenvalue weighted by molar-refractivity contribution is 0.258. The second kappa shape index (κ2) is 6.96. The molecule has 0 saturated heterocycles. The Hall–Kier alpha value is -1.62. The smallest absolute Gasteiger partial charge is 0.124 e. The van der Waals surface area contributed by atoms with Crippen LogP contribution in [0.4, 0.5) is 0 Å². The van der Waals surface area contributed by atoms with E-state index in [4.69, 9.17) is 15.9 Å². The van der Waals surface area contributed by atoms with Crippen LogP contribution in [-0.4, -0.2) is 13.2 Å². The Labute approximate surface area is 110 Å². The fraction of sp³-hybridized carbons (Fsp3) is 0.500. The molecular formula is C16H22O2. The van der Waals surface area contributed by atoms with Gasteiger partial charge in [0, 0.05) is 11.6 Å². The summed E-state index contributed by atoms with van der Waals surface area (Å²) >= 11 is 0. The first kappa shape index (κ1) is 14.4. The Morgan fingerprint density at radius 1 is 0.944 bits per heavy atom. The van der Waals surface area contributed by atoms with Crippen LogP contribution in [0.1, 0.15) is 33.3 Å². The maximum atomic E-state index is 5.68. The van der Waals surface area contributed by atoms with Crippen molar-refractivity contribution in [3.05, 3.63) is 23.8 Å². The van der Waals surface area contributed by atoms with Gasteiger partial charge in [0.15, 0.2) is 0 Å². The summed E-state index contributed by atoms with van der Waals surface area (Å²) in [6, 6.07) is 5.63. The highest BCUT2D eigenvalue weighted by atomic mass is 16.5. The Kier molecular flexibility index (Phi) is 5.58. The van der Waals surface area contributed by atoms with Gasteiger partial charge in [-0.25, -0.2) is 0 Å². The molecule has 0 heterocycles. The van der Waals surface area contributed by atoms with Crippen molar-refractivity contribution in [2.45, 2.75) is 27.7 Å². The second-order valence-electron chi connectivity index (χ2n) is 5.25. The summed E-state index contributed by atoms with van der Waals surface area (Å²) in [6.07, 6.45) is 5.44. The van der Waals surface area contributed by atoms with E-state index in [9.17, 15) is 0 Å². The van der Waals surface area contributed by atoms with Crippen molar-refractivity contribution in [1.29, 1.82) is 0 Å². The summed E-state index contributed by atoms with van der Waals surface area (Å²) in [5.74, 6) is 5.15. The van der Waals surface area contributed by atoms with E-state index in [0.29, 0.717) is 25.0 Å². The highest BCUT2D eigenvalue weighted by molar-refractivity contribution is 5.45. The van der Waals surface area contributed by atoms with Crippen molar-refractivity contribution in [3.8, 4) is 23.8 Å². The van der Waals surface area contributed by atoms with E-state index >= 15 is 0 Å². The Morgan fingerprint density at radius 3 is 1.72 bits per heavy atom. The minimum Gasteiger partial charge on any atom is -0.493 e. The van der Waals surface area contributed by atoms with Crippen LogP contribution in [-0.2, 0) is 0 Å². The fourth-order valence-corrected chi connectivity index (χ4v) is 1.35. The van der Waals surface area contributed by atoms with Gasteiger partial charge in [0.1, 0.15) is 11.5 Å². The summed E-state index contributed by atoms with van der Waals surface area (Å²) < 4.78 is 11.4. The van der Waals surface area contributed by atoms with E-state index in [1.165, 1.54) is 0 Å². The average molecular weight is 246 g/mol. The molecule has 0 saturated carbocycles. The number of hydrogen-bond donors (Lipinski definition) is 0. The Morgan fingerprint density at radius 2 is 1.39 bits per heavy atom. The summed E-state index contributed by atoms with van der Waals surface area (Å²) in [5, 5.41) is 0. The maximum Gasteiger partial charge on any atom is 0.124 e. The zero-order valence-electron chi connectivity index (χ0n) is 11.7. The molecule has 0 spiro atoms. The summed E-state index contributed by atoms with van der Waals surface area (Å²) in [5.41, 5.74) is 0.787. The molecular weight excluding hydrogens is 224 g/mol. The van der Waals surface area contributed by atoms with Crippen LogP contribution < -0.4 is 9.47 Å². The maximum absolute atomic E-state index is 5.68. The van der Waals surface area contributed by atoms with Gasteiger partial charge >= 0.3 is 0 Å². The molecule has 1 rings (SSSR count). The molecule has 0 aliphatic rings. The van der Waals surface area contributed by atoms with Gasteiger partial charge in [0.25, 0.3) is 0 Å². The molecule has 0 aromatic heterocycles. The molecule has 0 aliphatic carbocycles. The van der Waals surface area contributed by atoms with Crippen molar-refractivity contribution in [2.75, 3.05) is 13.2 Å². The number of benzene rings is 1. The molecule has 2 heteroatoms. The van der Waals surface area contributed by atoms with Crippen LogP contribution in [0.5, 0.6) is 11.5 Å². The van der Waals surface area contributed by atoms with Gasteiger partial charge in [-0.15, -0.1) is 6.42 Å². The molecule has 1 aromatic carbocycles. The number of terminal acetylenes is 1. The third-order valence-electron chi connectivity index (χ3n) is 2.21. The second-order valence-corrected chi connectivity index (χ2v) is 5.25. The number of hydrogen-bond acceptors (Lipinski definition) is 2. The van der Waals surface area contributed by atoms with Crippen molar-refractivity contribution < 1.29 is 9.47 Å². The molecule has 18 heavy (non-hydrogen) atoms. The monoisotopic (exact) mass is 246 g/mol. The third-order valence-corrected chi connectivity index (χ3v) is 2.21. The quantitative estimate of drug-likeness (QED) is 0.712. The van der Waals surface area contributed by atoms with Gasteiger partial charge in [-0.1, -0.05) is 33.6 Å². The molecule has 98 valence electrons. The van der Waals surface area contributed by atoms with Crippen LogP contribution in [0.2, 0.25) is 0 Å². The fourth-order valence-electron chi connectivity index (χ4n) is 1.35. The molecule has 0 fully saturated rings. The van der Waals surface area contributed by atoms with Crippen molar-refractivity contribution in [2.24, 2.45) is 11.8 Å². The van der Waals surface area contributed by atoms with Crippen LogP contribution in [0.15, 0.2) is 18.2 Å². The van der Waals surface area contributed by atoms with E-state index in [2.05, 4.69) is 33.6 Å². The first-order valence-corrected chi connectivity index (χ1v) is 6.38. The highest BCUT2D eigenvalue weighted by Gasteiger charge is 2.04. The van der Waals surface area contributed by atoms with E-state index in [1.54, 1.807) is 0 Å². The molecule has 1 aromatic rings. The number of ether oxygens (including phenoxy) is 2. The normalized spacial score (nSPS) is 10.5. The first-order valence-electron chi connectivity index (χ1n) is 6.38. The first-order chi connectivity index (χ1) is 8.51. The Bertz CT molecular complexity index is 383. The van der Waals surface area contributed by atoms with E-state index in [0.717, 1.165) is 17.1 Å². The lowest BCUT2D eigenvalue weighted by Gasteiger charge is -2.13. The average Bonchev–Trinajstić information content (AvgIpc) is 2.33. The van der Waals surface area contributed by atoms with Crippen LogP contribution in [0, 0.1) is 24.2 Å². The molecule has 0 N–H and O–H groups in total. The van der Waals surface area contributed by atoms with E-state index in [-0.39, 0.29) is 0 Å². The summed E-state index contributed by atoms with van der Waals surface area (Å²) in [7, 11) is 0. The lowest BCUT2D eigenvalue weighted by atomic mass is 10.2. The molecule has 0 radical (unpaired) electrons. The lowest BCUT2D eigenvalue weighted by Crippen LogP contribution is -2.06. The minimum atomic E-state index is 0.486. The zero-order chi connectivity index (χ0) is 13.5. The molecule has 0 atom stereocenters. The van der Waals surface area contributed by atoms with Gasteiger partial charge in [0.05, 0.1) is 13.2 Å². The molecule has 0 unspecified atom stereocenters. The van der Waals surface area contributed by atoms with Gasteiger partial charge in [-0.3, -0.25) is 0 Å². The van der Waals surface area contributed by atoms with Crippen LogP contribution in [0.3, 0.4) is 0 Å². The standard InChI is InChI=1S/C16H22O2/c1-6-14-7-15(17-10-12(2)3)9-16(8-14)18-11-13(4)5/h1,7-9,12-13H,10-11H2,2-5H3. The van der Waals surface area contributed by atoms with Gasteiger partial charge < -0.3 is 9.47 Å². The Balaban J connectivity index is 2.78. The predicted octanol–water partition coefficient (Wildman–Crippen LogP) is 3.74. The summed E-state index contributed by atoms with van der Waals surface area (Å²) in [4.78, 5) is 0. The van der Waals surface area contributed by atoms with E-state index in [1.807, 2.05) is 18.2 Å². The van der Waals surface area contributed by atoms with E-state index < -0.39 is 0 Å². The van der Waals surface area contributed by atoms with Gasteiger partial charge in [-0.2, -0.15) is 0 Å². The van der Waals surface area contributed by atoms with Crippen molar-refractivity contribution in [1.82, 2.24) is 0 Å². The summed E-state index contributed by atoms with van der Waals surface area (Å²) in [6.45, 7) is 9.81. The largest absolute Gasteiger partial charge is 0.493 e. The topological polar surface area (TPSA) is 18.5 Å². The highest BCUT2D eigenvalue weighted by Crippen LogP contribution is 2.23. The SMILES string of the molecule is C#Cc1cc(OCC(C)C)cc(OCC(C)C)c1. The molecule has 0 bridgehead atoms. The third kappa shape index (κ3) is 5.14. The van der Waals surface area contributed by atoms with Crippen molar-refractivity contribution in [3.63, 3.8) is 0 Å². The zero-order valence-corrected chi connectivity index (χ0v) is 11.7.